The van der Waals surface area contributed by atoms with E-state index in [2.05, 4.69) is 11.9 Å². The van der Waals surface area contributed by atoms with Crippen LogP contribution in [-0.4, -0.2) is 29.7 Å². The Labute approximate surface area is 146 Å². The Kier molecular flexibility index (Phi) is 4.25. The zero-order chi connectivity index (χ0) is 18.4. The Balaban J connectivity index is 1.81. The number of nitrogens with one attached hydrogen (secondary N) is 1. The number of hydrogen-bond donors (Lipinski definition) is 1. The highest BCUT2D eigenvalue weighted by Gasteiger charge is 2.45. The molecule has 0 unspecified atom stereocenters. The molecule has 2 aliphatic rings. The van der Waals surface area contributed by atoms with Crippen LogP contribution in [0.5, 0.6) is 0 Å². The van der Waals surface area contributed by atoms with Crippen LogP contribution in [0.1, 0.15) is 51.2 Å². The molecule has 1 aromatic carbocycles. The molecular formula is C19H24F2N2O2. The molecule has 1 amide bonds. The van der Waals surface area contributed by atoms with E-state index in [0.717, 1.165) is 16.9 Å². The topological polar surface area (TPSA) is 41.6 Å². The first-order valence-electron chi connectivity index (χ1n) is 8.49. The second-order valence-corrected chi connectivity index (χ2v) is 7.76. The van der Waals surface area contributed by atoms with Crippen LogP contribution in [0.3, 0.4) is 0 Å². The smallest absolute Gasteiger partial charge is 0.410 e. The SMILES string of the molecule is C=C1Nc2ccc(C(F)F)cc2C12CCN(C(=O)OC(C)(C)C)CC2. The van der Waals surface area contributed by atoms with Crippen LogP contribution in [0.25, 0.3) is 0 Å². The van der Waals surface area contributed by atoms with Crippen molar-refractivity contribution in [3.63, 3.8) is 0 Å². The number of benzene rings is 1. The van der Waals surface area contributed by atoms with E-state index in [1.807, 2.05) is 20.8 Å². The van der Waals surface area contributed by atoms with Gasteiger partial charge in [-0.1, -0.05) is 12.6 Å². The zero-order valence-corrected chi connectivity index (χ0v) is 14.9. The minimum atomic E-state index is -2.50. The van der Waals surface area contributed by atoms with Crippen LogP contribution >= 0.6 is 0 Å². The predicted octanol–water partition coefficient (Wildman–Crippen LogP) is 4.83. The number of fused-ring (bicyclic) bond motifs is 2. The third-order valence-electron chi connectivity index (χ3n) is 4.94. The van der Waals surface area contributed by atoms with E-state index in [4.69, 9.17) is 4.74 Å². The Morgan fingerprint density at radius 3 is 2.52 bits per heavy atom. The van der Waals surface area contributed by atoms with Gasteiger partial charge in [-0.3, -0.25) is 0 Å². The summed E-state index contributed by atoms with van der Waals surface area (Å²) in [7, 11) is 0. The minimum Gasteiger partial charge on any atom is -0.444 e. The third kappa shape index (κ3) is 3.22. The van der Waals surface area contributed by atoms with Crippen LogP contribution in [0.15, 0.2) is 30.5 Å². The maximum atomic E-state index is 13.1. The number of allylic oxidation sites excluding steroid dienone is 1. The van der Waals surface area contributed by atoms with Crippen molar-refractivity contribution < 1.29 is 18.3 Å². The van der Waals surface area contributed by atoms with Gasteiger partial charge in [-0.15, -0.1) is 0 Å². The van der Waals surface area contributed by atoms with E-state index in [1.165, 1.54) is 6.07 Å². The first kappa shape index (κ1) is 17.7. The lowest BCUT2D eigenvalue weighted by Gasteiger charge is -2.40. The quantitative estimate of drug-likeness (QED) is 0.788. The van der Waals surface area contributed by atoms with Crippen LogP contribution in [0.2, 0.25) is 0 Å². The first-order valence-corrected chi connectivity index (χ1v) is 8.49. The van der Waals surface area contributed by atoms with Crippen LogP contribution in [0, 0.1) is 0 Å². The number of anilines is 1. The Bertz CT molecular complexity index is 702. The van der Waals surface area contributed by atoms with Crippen LogP contribution in [0.4, 0.5) is 19.3 Å². The number of carbonyl (C=O) groups is 1. The monoisotopic (exact) mass is 350 g/mol. The van der Waals surface area contributed by atoms with Gasteiger partial charge in [0.15, 0.2) is 0 Å². The molecule has 2 aliphatic heterocycles. The lowest BCUT2D eigenvalue weighted by Crippen LogP contribution is -2.46. The molecule has 2 heterocycles. The van der Waals surface area contributed by atoms with Gasteiger partial charge in [0, 0.05) is 35.5 Å². The van der Waals surface area contributed by atoms with Gasteiger partial charge in [-0.2, -0.15) is 0 Å². The van der Waals surface area contributed by atoms with E-state index in [1.54, 1.807) is 17.0 Å². The van der Waals surface area contributed by atoms with Gasteiger partial charge < -0.3 is 15.0 Å². The molecule has 0 aliphatic carbocycles. The Hall–Kier alpha value is -2.11. The standard InChI is InChI=1S/C19H24F2N2O2/c1-12-19(14-11-13(16(20)21)5-6-15(14)22-12)7-9-23(10-8-19)17(24)25-18(2,3)4/h5-6,11,16,22H,1,7-10H2,2-4H3. The van der Waals surface area contributed by atoms with Crippen LogP contribution < -0.4 is 5.32 Å². The predicted molar refractivity (Wildman–Crippen MR) is 92.9 cm³/mol. The molecule has 1 fully saturated rings. The summed E-state index contributed by atoms with van der Waals surface area (Å²) in [5.74, 6) is 0. The average molecular weight is 350 g/mol. The van der Waals surface area contributed by atoms with Gasteiger partial charge in [0.2, 0.25) is 0 Å². The fourth-order valence-electron chi connectivity index (χ4n) is 3.62. The number of carbonyl (C=O) groups excluding carboxylic acids is 1. The van der Waals surface area contributed by atoms with Gasteiger partial charge in [0.1, 0.15) is 5.60 Å². The summed E-state index contributed by atoms with van der Waals surface area (Å²) < 4.78 is 31.6. The van der Waals surface area contributed by atoms with Crippen molar-refractivity contribution in [2.45, 2.75) is 51.1 Å². The van der Waals surface area contributed by atoms with E-state index in [0.29, 0.717) is 25.9 Å². The molecule has 6 heteroatoms. The van der Waals surface area contributed by atoms with Crippen LogP contribution in [-0.2, 0) is 10.2 Å². The van der Waals surface area contributed by atoms with Gasteiger partial charge in [-0.05, 0) is 51.3 Å². The molecule has 1 aromatic rings. The van der Waals surface area contributed by atoms with E-state index >= 15 is 0 Å². The lowest BCUT2D eigenvalue weighted by atomic mass is 9.72. The molecule has 0 saturated carbocycles. The number of amides is 1. The molecule has 136 valence electrons. The molecule has 3 rings (SSSR count). The number of rotatable bonds is 1. The molecule has 4 nitrogen and oxygen atoms in total. The molecule has 1 N–H and O–H groups in total. The number of hydrogen-bond acceptors (Lipinski definition) is 3. The van der Waals surface area contributed by atoms with E-state index in [9.17, 15) is 13.6 Å². The maximum Gasteiger partial charge on any atom is 0.410 e. The highest BCUT2D eigenvalue weighted by Crippen LogP contribution is 2.50. The summed E-state index contributed by atoms with van der Waals surface area (Å²) in [4.78, 5) is 13.9. The summed E-state index contributed by atoms with van der Waals surface area (Å²) in [5.41, 5.74) is 1.59. The van der Waals surface area contributed by atoms with Gasteiger partial charge >= 0.3 is 6.09 Å². The summed E-state index contributed by atoms with van der Waals surface area (Å²) in [6, 6.07) is 4.71. The normalized spacial score (nSPS) is 19.1. The fraction of sp³-hybridized carbons (Fsp3) is 0.526. The van der Waals surface area contributed by atoms with Crippen molar-refractivity contribution in [2.24, 2.45) is 0 Å². The number of halogens is 2. The zero-order valence-electron chi connectivity index (χ0n) is 14.9. The first-order chi connectivity index (χ1) is 11.6. The minimum absolute atomic E-state index is 0.0178. The number of ether oxygens (including phenoxy) is 1. The van der Waals surface area contributed by atoms with Crippen molar-refractivity contribution >= 4 is 11.8 Å². The number of nitrogens with zero attached hydrogens (tertiary/aromatic N) is 1. The summed E-state index contributed by atoms with van der Waals surface area (Å²) >= 11 is 0. The molecule has 1 spiro atoms. The molecular weight excluding hydrogens is 326 g/mol. The Morgan fingerprint density at radius 2 is 1.96 bits per heavy atom. The van der Waals surface area contributed by atoms with Crippen molar-refractivity contribution in [1.29, 1.82) is 0 Å². The highest BCUT2D eigenvalue weighted by atomic mass is 19.3. The van der Waals surface area contributed by atoms with Crippen molar-refractivity contribution in [2.75, 3.05) is 18.4 Å². The number of alkyl halides is 2. The van der Waals surface area contributed by atoms with E-state index < -0.39 is 17.4 Å². The Morgan fingerprint density at radius 1 is 1.32 bits per heavy atom. The van der Waals surface area contributed by atoms with Crippen molar-refractivity contribution in [3.8, 4) is 0 Å². The van der Waals surface area contributed by atoms with Gasteiger partial charge in [-0.25, -0.2) is 13.6 Å². The molecule has 0 aromatic heterocycles. The summed E-state index contributed by atoms with van der Waals surface area (Å²) in [6.45, 7) is 10.6. The van der Waals surface area contributed by atoms with Gasteiger partial charge in [0.25, 0.3) is 6.43 Å². The average Bonchev–Trinajstić information content (AvgIpc) is 2.78. The molecule has 0 bridgehead atoms. The molecule has 1 saturated heterocycles. The fourth-order valence-corrected chi connectivity index (χ4v) is 3.62. The van der Waals surface area contributed by atoms with Crippen molar-refractivity contribution in [3.05, 3.63) is 41.6 Å². The maximum absolute atomic E-state index is 13.1. The second kappa shape index (κ2) is 6.00. The third-order valence-corrected chi connectivity index (χ3v) is 4.94. The van der Waals surface area contributed by atoms with E-state index in [-0.39, 0.29) is 11.7 Å². The highest BCUT2D eigenvalue weighted by molar-refractivity contribution is 5.71. The largest absolute Gasteiger partial charge is 0.444 e. The number of likely N-dealkylation sites (tertiary alicyclic amines) is 1. The molecule has 0 radical (unpaired) electrons. The summed E-state index contributed by atoms with van der Waals surface area (Å²) in [6.07, 6.45) is -1.56. The molecule has 0 atom stereocenters. The summed E-state index contributed by atoms with van der Waals surface area (Å²) in [5, 5.41) is 3.23. The second-order valence-electron chi connectivity index (χ2n) is 7.76. The lowest BCUT2D eigenvalue weighted by molar-refractivity contribution is 0.0181. The number of piperidine rings is 1. The van der Waals surface area contributed by atoms with Gasteiger partial charge in [0.05, 0.1) is 0 Å². The van der Waals surface area contributed by atoms with Crippen molar-refractivity contribution in [1.82, 2.24) is 4.90 Å². The molecule has 25 heavy (non-hydrogen) atoms.